The van der Waals surface area contributed by atoms with Crippen LogP contribution >= 0.6 is 43.5 Å². The van der Waals surface area contributed by atoms with Gasteiger partial charge in [0.25, 0.3) is 0 Å². The zero-order valence-electron chi connectivity index (χ0n) is 13.0. The van der Waals surface area contributed by atoms with Crippen molar-refractivity contribution in [1.82, 2.24) is 21.3 Å². The lowest BCUT2D eigenvalue weighted by Gasteiger charge is -2.18. The van der Waals surface area contributed by atoms with Crippen molar-refractivity contribution in [2.45, 2.75) is 18.9 Å². The average Bonchev–Trinajstić information content (AvgIpc) is 2.59. The standard InChI is InChI=1S/C13H21Br2ClN4O4/c14-6-10(21)17-3-1-2-9(20-11(22)7-15)13(24)19-5-4-18-12(23)8-16/h9H,1-8H2,(H,17,21)(H,18,23)(H,19,24)(H,20,22). The maximum Gasteiger partial charge on any atom is 0.242 e. The highest BCUT2D eigenvalue weighted by molar-refractivity contribution is 9.09. The van der Waals surface area contributed by atoms with Crippen molar-refractivity contribution >= 4 is 67.1 Å². The Labute approximate surface area is 162 Å². The number of rotatable bonds is 12. The summed E-state index contributed by atoms with van der Waals surface area (Å²) in [5, 5.41) is 10.7. The van der Waals surface area contributed by atoms with Crippen LogP contribution in [0.4, 0.5) is 0 Å². The summed E-state index contributed by atoms with van der Waals surface area (Å²) in [4.78, 5) is 45.7. The summed E-state index contributed by atoms with van der Waals surface area (Å²) in [7, 11) is 0. The van der Waals surface area contributed by atoms with E-state index in [0.717, 1.165) is 0 Å². The summed E-state index contributed by atoms with van der Waals surface area (Å²) in [6.07, 6.45) is 0.906. The number of halogens is 3. The van der Waals surface area contributed by atoms with E-state index in [2.05, 4.69) is 53.1 Å². The molecule has 0 fully saturated rings. The van der Waals surface area contributed by atoms with Crippen molar-refractivity contribution in [3.63, 3.8) is 0 Å². The van der Waals surface area contributed by atoms with Crippen LogP contribution in [-0.2, 0) is 19.2 Å². The van der Waals surface area contributed by atoms with Crippen LogP contribution in [0.5, 0.6) is 0 Å². The molecule has 0 aliphatic rings. The van der Waals surface area contributed by atoms with Crippen LogP contribution in [0.25, 0.3) is 0 Å². The summed E-state index contributed by atoms with van der Waals surface area (Å²) in [6.45, 7) is 0.879. The van der Waals surface area contributed by atoms with Crippen LogP contribution in [0.2, 0.25) is 0 Å². The van der Waals surface area contributed by atoms with Crippen LogP contribution in [0.1, 0.15) is 12.8 Å². The van der Waals surface area contributed by atoms with Crippen molar-refractivity contribution in [3.8, 4) is 0 Å². The van der Waals surface area contributed by atoms with E-state index in [-0.39, 0.29) is 53.3 Å². The number of hydrogen-bond acceptors (Lipinski definition) is 4. The quantitative estimate of drug-likeness (QED) is 0.220. The molecule has 0 aliphatic heterocycles. The molecule has 0 spiro atoms. The first-order chi connectivity index (χ1) is 11.4. The molecule has 4 N–H and O–H groups in total. The molecule has 0 radical (unpaired) electrons. The lowest BCUT2D eigenvalue weighted by molar-refractivity contribution is -0.128. The molecule has 0 aromatic heterocycles. The first-order valence-electron chi connectivity index (χ1n) is 7.23. The third kappa shape index (κ3) is 11.6. The van der Waals surface area contributed by atoms with E-state index in [1.807, 2.05) is 0 Å². The SMILES string of the molecule is O=C(CCl)NCCNC(=O)C(CCCNC(=O)CBr)NC(=O)CBr. The second-order valence-electron chi connectivity index (χ2n) is 4.65. The summed E-state index contributed by atoms with van der Waals surface area (Å²) in [6, 6.07) is -0.709. The molecule has 0 saturated carbocycles. The maximum atomic E-state index is 12.1. The van der Waals surface area contributed by atoms with E-state index in [0.29, 0.717) is 19.4 Å². The van der Waals surface area contributed by atoms with Gasteiger partial charge in [-0.05, 0) is 12.8 Å². The Morgan fingerprint density at radius 3 is 2.00 bits per heavy atom. The Balaban J connectivity index is 4.26. The second kappa shape index (κ2) is 14.5. The molecule has 8 nitrogen and oxygen atoms in total. The highest BCUT2D eigenvalue weighted by Gasteiger charge is 2.19. The highest BCUT2D eigenvalue weighted by atomic mass is 79.9. The fourth-order valence-corrected chi connectivity index (χ4v) is 2.10. The number of carbonyl (C=O) groups is 4. The zero-order valence-corrected chi connectivity index (χ0v) is 16.9. The Bertz CT molecular complexity index is 440. The van der Waals surface area contributed by atoms with Crippen LogP contribution in [0.15, 0.2) is 0 Å². The Hall–Kier alpha value is -0.870. The molecule has 4 amide bonds. The molecular weight excluding hydrogens is 471 g/mol. The van der Waals surface area contributed by atoms with E-state index < -0.39 is 6.04 Å². The molecule has 0 rings (SSSR count). The Morgan fingerprint density at radius 2 is 1.42 bits per heavy atom. The number of amides is 4. The minimum absolute atomic E-state index is 0.0862. The van der Waals surface area contributed by atoms with Gasteiger partial charge in [-0.2, -0.15) is 0 Å². The number of alkyl halides is 3. The van der Waals surface area contributed by atoms with Gasteiger partial charge < -0.3 is 21.3 Å². The Morgan fingerprint density at radius 1 is 0.833 bits per heavy atom. The number of carbonyl (C=O) groups excluding carboxylic acids is 4. The molecule has 1 atom stereocenters. The largest absolute Gasteiger partial charge is 0.355 e. The van der Waals surface area contributed by atoms with Gasteiger partial charge >= 0.3 is 0 Å². The minimum Gasteiger partial charge on any atom is -0.355 e. The fraction of sp³-hybridized carbons (Fsp3) is 0.692. The lowest BCUT2D eigenvalue weighted by atomic mass is 10.1. The molecule has 138 valence electrons. The van der Waals surface area contributed by atoms with Gasteiger partial charge in [0.05, 0.1) is 10.7 Å². The van der Waals surface area contributed by atoms with Gasteiger partial charge in [0.2, 0.25) is 23.6 Å². The summed E-state index contributed by atoms with van der Waals surface area (Å²) >= 11 is 11.4. The van der Waals surface area contributed by atoms with Crippen molar-refractivity contribution in [1.29, 1.82) is 0 Å². The molecule has 0 aromatic rings. The van der Waals surface area contributed by atoms with Gasteiger partial charge in [-0.3, -0.25) is 19.2 Å². The van der Waals surface area contributed by atoms with Gasteiger partial charge in [0, 0.05) is 19.6 Å². The Kier molecular flexibility index (Phi) is 13.9. The van der Waals surface area contributed by atoms with Crippen LogP contribution < -0.4 is 21.3 Å². The van der Waals surface area contributed by atoms with Crippen LogP contribution in [0, 0.1) is 0 Å². The normalized spacial score (nSPS) is 11.3. The molecule has 0 bridgehead atoms. The number of hydrogen-bond donors (Lipinski definition) is 4. The first-order valence-corrected chi connectivity index (χ1v) is 10.0. The second-order valence-corrected chi connectivity index (χ2v) is 6.04. The van der Waals surface area contributed by atoms with Crippen molar-refractivity contribution in [2.75, 3.05) is 36.2 Å². The van der Waals surface area contributed by atoms with Gasteiger partial charge in [-0.15, -0.1) is 11.6 Å². The third-order valence-electron chi connectivity index (χ3n) is 2.75. The minimum atomic E-state index is -0.709. The van der Waals surface area contributed by atoms with Crippen molar-refractivity contribution < 1.29 is 19.2 Å². The van der Waals surface area contributed by atoms with Crippen molar-refractivity contribution in [2.24, 2.45) is 0 Å². The highest BCUT2D eigenvalue weighted by Crippen LogP contribution is 1.98. The molecule has 0 aromatic carbocycles. The predicted octanol–water partition coefficient (Wildman–Crippen LogP) is -0.371. The number of nitrogens with one attached hydrogen (secondary N) is 4. The summed E-state index contributed by atoms with van der Waals surface area (Å²) in [5.74, 6) is -1.27. The van der Waals surface area contributed by atoms with Gasteiger partial charge in [-0.1, -0.05) is 31.9 Å². The van der Waals surface area contributed by atoms with E-state index in [9.17, 15) is 19.2 Å². The molecule has 0 heterocycles. The molecule has 11 heteroatoms. The van der Waals surface area contributed by atoms with E-state index in [1.165, 1.54) is 0 Å². The zero-order chi connectivity index (χ0) is 18.4. The summed E-state index contributed by atoms with van der Waals surface area (Å²) in [5.41, 5.74) is 0. The fourth-order valence-electron chi connectivity index (χ4n) is 1.64. The predicted molar refractivity (Wildman–Crippen MR) is 98.5 cm³/mol. The third-order valence-corrected chi connectivity index (χ3v) is 4.02. The average molecular weight is 493 g/mol. The smallest absolute Gasteiger partial charge is 0.242 e. The summed E-state index contributed by atoms with van der Waals surface area (Å²) < 4.78 is 0. The van der Waals surface area contributed by atoms with E-state index in [1.54, 1.807) is 0 Å². The lowest BCUT2D eigenvalue weighted by Crippen LogP contribution is -2.48. The molecule has 0 saturated heterocycles. The molecular formula is C13H21Br2ClN4O4. The van der Waals surface area contributed by atoms with Crippen LogP contribution in [-0.4, -0.2) is 65.8 Å². The van der Waals surface area contributed by atoms with Gasteiger partial charge in [-0.25, -0.2) is 0 Å². The van der Waals surface area contributed by atoms with Gasteiger partial charge in [0.1, 0.15) is 11.9 Å². The maximum absolute atomic E-state index is 12.1. The topological polar surface area (TPSA) is 116 Å². The molecule has 0 aliphatic carbocycles. The molecule has 24 heavy (non-hydrogen) atoms. The van der Waals surface area contributed by atoms with Crippen molar-refractivity contribution in [3.05, 3.63) is 0 Å². The van der Waals surface area contributed by atoms with Crippen LogP contribution in [0.3, 0.4) is 0 Å². The first kappa shape index (κ1) is 23.1. The van der Waals surface area contributed by atoms with Gasteiger partial charge in [0.15, 0.2) is 0 Å². The molecule has 1 unspecified atom stereocenters. The monoisotopic (exact) mass is 490 g/mol. The van der Waals surface area contributed by atoms with E-state index in [4.69, 9.17) is 11.6 Å². The van der Waals surface area contributed by atoms with E-state index >= 15 is 0 Å².